The van der Waals surface area contributed by atoms with Crippen LogP contribution < -0.4 is 0 Å². The average molecular weight is 211 g/mol. The summed E-state index contributed by atoms with van der Waals surface area (Å²) in [5.74, 6) is -0.551. The molecule has 13 heavy (non-hydrogen) atoms. The van der Waals surface area contributed by atoms with E-state index < -0.39 is 21.9 Å². The Morgan fingerprint density at radius 3 is 2.00 bits per heavy atom. The molecule has 78 valence electrons. The first kappa shape index (κ1) is 12.3. The fourth-order valence-corrected chi connectivity index (χ4v) is 1.44. The lowest BCUT2D eigenvalue weighted by Crippen LogP contribution is -2.44. The molecular formula is C6H13NO5S. The smallest absolute Gasteiger partial charge is 0.346 e. The van der Waals surface area contributed by atoms with Crippen LogP contribution in [0.15, 0.2) is 0 Å². The summed E-state index contributed by atoms with van der Waals surface area (Å²) in [6.45, 7) is 2.51. The highest BCUT2D eigenvalue weighted by Gasteiger charge is 2.34. The van der Waals surface area contributed by atoms with E-state index in [1.54, 1.807) is 0 Å². The average Bonchev–Trinajstić information content (AvgIpc) is 1.80. The Balaban J connectivity index is 4.69. The van der Waals surface area contributed by atoms with Gasteiger partial charge in [-0.3, -0.25) is 9.35 Å². The summed E-state index contributed by atoms with van der Waals surface area (Å²) >= 11 is 0. The van der Waals surface area contributed by atoms with Gasteiger partial charge in [-0.25, -0.2) is 4.18 Å². The second-order valence-corrected chi connectivity index (χ2v) is 4.24. The Hall–Kier alpha value is -0.660. The maximum atomic E-state index is 11.3. The van der Waals surface area contributed by atoms with E-state index in [1.807, 2.05) is 0 Å². The summed E-state index contributed by atoms with van der Waals surface area (Å²) in [6, 6.07) is 0. The van der Waals surface area contributed by atoms with Crippen molar-refractivity contribution >= 4 is 16.3 Å². The van der Waals surface area contributed by atoms with Gasteiger partial charge in [0.25, 0.3) is 5.91 Å². The van der Waals surface area contributed by atoms with Crippen LogP contribution in [0.2, 0.25) is 0 Å². The minimum atomic E-state index is -4.61. The molecule has 1 N–H and O–H groups in total. The Kier molecular flexibility index (Phi) is 3.42. The topological polar surface area (TPSA) is 83.9 Å². The van der Waals surface area contributed by atoms with Crippen LogP contribution in [0.25, 0.3) is 0 Å². The van der Waals surface area contributed by atoms with E-state index in [0.717, 1.165) is 0 Å². The third-order valence-electron chi connectivity index (χ3n) is 1.23. The normalized spacial score (nSPS) is 12.7. The molecule has 0 aromatic heterocycles. The number of carbonyl (C=O) groups excluding carboxylic acids is 1. The van der Waals surface area contributed by atoms with Crippen LogP contribution in [0.4, 0.5) is 0 Å². The molecular weight excluding hydrogens is 198 g/mol. The highest BCUT2D eigenvalue weighted by molar-refractivity contribution is 7.81. The molecule has 0 saturated heterocycles. The van der Waals surface area contributed by atoms with E-state index in [1.165, 1.54) is 32.8 Å². The summed E-state index contributed by atoms with van der Waals surface area (Å²) in [5, 5.41) is 0. The van der Waals surface area contributed by atoms with E-state index in [-0.39, 0.29) is 0 Å². The van der Waals surface area contributed by atoms with E-state index in [2.05, 4.69) is 4.18 Å². The Morgan fingerprint density at radius 2 is 1.77 bits per heavy atom. The number of carbonyl (C=O) groups is 1. The molecule has 0 spiro atoms. The molecule has 0 bridgehead atoms. The summed E-state index contributed by atoms with van der Waals surface area (Å²) < 4.78 is 33.2. The van der Waals surface area contributed by atoms with Crippen molar-refractivity contribution in [1.29, 1.82) is 0 Å². The molecule has 0 aliphatic rings. The van der Waals surface area contributed by atoms with E-state index >= 15 is 0 Å². The molecule has 0 atom stereocenters. The molecule has 0 saturated carbocycles. The van der Waals surface area contributed by atoms with Crippen molar-refractivity contribution in [2.75, 3.05) is 14.1 Å². The van der Waals surface area contributed by atoms with Gasteiger partial charge < -0.3 is 4.90 Å². The lowest BCUT2D eigenvalue weighted by atomic mass is 10.1. The van der Waals surface area contributed by atoms with Gasteiger partial charge in [-0.2, -0.15) is 8.42 Å². The highest BCUT2D eigenvalue weighted by atomic mass is 32.3. The van der Waals surface area contributed by atoms with Crippen LogP contribution in [-0.2, 0) is 19.4 Å². The fraction of sp³-hybridized carbons (Fsp3) is 0.833. The zero-order valence-corrected chi connectivity index (χ0v) is 8.75. The van der Waals surface area contributed by atoms with Crippen molar-refractivity contribution < 1.29 is 21.9 Å². The molecule has 0 aliphatic heterocycles. The number of hydrogen-bond donors (Lipinski definition) is 1. The summed E-state index contributed by atoms with van der Waals surface area (Å²) in [5.41, 5.74) is -1.59. The standard InChI is InChI=1S/C6H13NO5S/c1-6(2,5(8)7(3)4)12-13(9,10)11/h1-4H3,(H,9,10,11). The second-order valence-electron chi connectivity index (χ2n) is 3.22. The molecule has 0 aromatic rings. The summed E-state index contributed by atoms with van der Waals surface area (Å²) in [4.78, 5) is 12.4. The van der Waals surface area contributed by atoms with Crippen molar-refractivity contribution in [3.63, 3.8) is 0 Å². The minimum absolute atomic E-state index is 0.551. The van der Waals surface area contributed by atoms with Crippen molar-refractivity contribution in [1.82, 2.24) is 4.90 Å². The van der Waals surface area contributed by atoms with Crippen molar-refractivity contribution in [2.45, 2.75) is 19.4 Å². The van der Waals surface area contributed by atoms with E-state index in [9.17, 15) is 13.2 Å². The number of likely N-dealkylation sites (N-methyl/N-ethyl adjacent to an activating group) is 1. The SMILES string of the molecule is CN(C)C(=O)C(C)(C)OS(=O)(=O)O. The van der Waals surface area contributed by atoms with Gasteiger partial charge in [-0.1, -0.05) is 0 Å². The van der Waals surface area contributed by atoms with Crippen molar-refractivity contribution in [3.05, 3.63) is 0 Å². The van der Waals surface area contributed by atoms with E-state index in [0.29, 0.717) is 0 Å². The van der Waals surface area contributed by atoms with Crippen LogP contribution >= 0.6 is 0 Å². The van der Waals surface area contributed by atoms with Crippen molar-refractivity contribution in [3.8, 4) is 0 Å². The zero-order valence-electron chi connectivity index (χ0n) is 7.94. The maximum absolute atomic E-state index is 11.3. The van der Waals surface area contributed by atoms with Gasteiger partial charge in [0.05, 0.1) is 0 Å². The number of rotatable bonds is 3. The van der Waals surface area contributed by atoms with Gasteiger partial charge in [0, 0.05) is 14.1 Å². The molecule has 0 rings (SSSR count). The molecule has 0 radical (unpaired) electrons. The molecule has 7 heteroatoms. The lowest BCUT2D eigenvalue weighted by Gasteiger charge is -2.24. The number of hydrogen-bond acceptors (Lipinski definition) is 4. The van der Waals surface area contributed by atoms with E-state index in [4.69, 9.17) is 4.55 Å². The third-order valence-corrected chi connectivity index (χ3v) is 1.86. The first-order valence-corrected chi connectivity index (χ1v) is 4.82. The molecule has 0 aliphatic carbocycles. The maximum Gasteiger partial charge on any atom is 0.398 e. The second kappa shape index (κ2) is 3.60. The minimum Gasteiger partial charge on any atom is -0.346 e. The van der Waals surface area contributed by atoms with Gasteiger partial charge in [-0.05, 0) is 13.8 Å². The van der Waals surface area contributed by atoms with Gasteiger partial charge in [0.2, 0.25) is 0 Å². The number of amides is 1. The van der Waals surface area contributed by atoms with Gasteiger partial charge >= 0.3 is 10.4 Å². The van der Waals surface area contributed by atoms with Gasteiger partial charge in [0.15, 0.2) is 5.60 Å². The Labute approximate surface area is 77.4 Å². The number of nitrogens with zero attached hydrogens (tertiary/aromatic N) is 1. The monoisotopic (exact) mass is 211 g/mol. The third kappa shape index (κ3) is 4.20. The largest absolute Gasteiger partial charge is 0.398 e. The highest BCUT2D eigenvalue weighted by Crippen LogP contribution is 2.14. The molecule has 0 heterocycles. The lowest BCUT2D eigenvalue weighted by molar-refractivity contribution is -0.142. The first-order chi connectivity index (χ1) is 5.56. The van der Waals surface area contributed by atoms with Crippen LogP contribution in [-0.4, -0.2) is 43.5 Å². The zero-order chi connectivity index (χ0) is 10.9. The fourth-order valence-electron chi connectivity index (χ4n) is 0.837. The van der Waals surface area contributed by atoms with Crippen LogP contribution in [0.5, 0.6) is 0 Å². The molecule has 1 amide bonds. The summed E-state index contributed by atoms with van der Waals surface area (Å²) in [6.07, 6.45) is 0. The van der Waals surface area contributed by atoms with Crippen molar-refractivity contribution in [2.24, 2.45) is 0 Å². The quantitative estimate of drug-likeness (QED) is 0.646. The predicted octanol–water partition coefficient (Wildman–Crippen LogP) is -0.327. The molecule has 0 aromatic carbocycles. The van der Waals surface area contributed by atoms with Gasteiger partial charge in [-0.15, -0.1) is 0 Å². The predicted molar refractivity (Wildman–Crippen MR) is 45.4 cm³/mol. The molecule has 6 nitrogen and oxygen atoms in total. The summed E-state index contributed by atoms with van der Waals surface area (Å²) in [7, 11) is -1.70. The Bertz CT molecular complexity index is 292. The van der Waals surface area contributed by atoms with Crippen LogP contribution in [0, 0.1) is 0 Å². The molecule has 0 fully saturated rings. The molecule has 0 unspecified atom stereocenters. The van der Waals surface area contributed by atoms with Gasteiger partial charge in [0.1, 0.15) is 0 Å². The van der Waals surface area contributed by atoms with Crippen LogP contribution in [0.3, 0.4) is 0 Å². The first-order valence-electron chi connectivity index (χ1n) is 3.46. The Morgan fingerprint density at radius 1 is 1.38 bits per heavy atom. The van der Waals surface area contributed by atoms with Crippen LogP contribution in [0.1, 0.15) is 13.8 Å².